The van der Waals surface area contributed by atoms with Gasteiger partial charge in [-0.1, -0.05) is 0 Å². The smallest absolute Gasteiger partial charge is 0.337 e. The predicted molar refractivity (Wildman–Crippen MR) is 99.8 cm³/mol. The van der Waals surface area contributed by atoms with Crippen LogP contribution in [0.3, 0.4) is 0 Å². The third-order valence-corrected chi connectivity index (χ3v) is 4.25. The third kappa shape index (κ3) is 3.35. The lowest BCUT2D eigenvalue weighted by atomic mass is 10.1. The number of hydrogen-bond acceptors (Lipinski definition) is 5. The first-order valence-corrected chi connectivity index (χ1v) is 8.48. The van der Waals surface area contributed by atoms with Crippen LogP contribution in [0.5, 0.6) is 0 Å². The molecule has 0 spiro atoms. The van der Waals surface area contributed by atoms with E-state index in [1.807, 2.05) is 13.8 Å². The van der Waals surface area contributed by atoms with E-state index in [1.165, 1.54) is 19.2 Å². The van der Waals surface area contributed by atoms with Crippen LogP contribution in [0.1, 0.15) is 24.2 Å². The largest absolute Gasteiger partial charge is 0.465 e. The highest BCUT2D eigenvalue weighted by atomic mass is 19.1. The summed E-state index contributed by atoms with van der Waals surface area (Å²) in [6.07, 6.45) is 0. The Hall–Kier alpha value is -3.02. The van der Waals surface area contributed by atoms with E-state index in [0.717, 1.165) is 18.7 Å². The van der Waals surface area contributed by atoms with Gasteiger partial charge in [0, 0.05) is 18.7 Å². The minimum atomic E-state index is -0.416. The van der Waals surface area contributed by atoms with Crippen LogP contribution < -0.4 is 4.90 Å². The van der Waals surface area contributed by atoms with Crippen molar-refractivity contribution >= 4 is 22.8 Å². The van der Waals surface area contributed by atoms with Gasteiger partial charge in [0.1, 0.15) is 11.5 Å². The minimum absolute atomic E-state index is 0.297. The molecule has 0 saturated carbocycles. The van der Waals surface area contributed by atoms with Gasteiger partial charge >= 0.3 is 5.97 Å². The molecule has 1 heterocycles. The molecule has 0 radical (unpaired) electrons. The number of ether oxygens (including phenoxy) is 1. The van der Waals surface area contributed by atoms with Crippen LogP contribution in [0, 0.1) is 5.82 Å². The zero-order valence-electron chi connectivity index (χ0n) is 15.0. The van der Waals surface area contributed by atoms with Gasteiger partial charge in [-0.2, -0.15) is 0 Å². The lowest BCUT2D eigenvalue weighted by molar-refractivity contribution is 0.0601. The number of fused-ring (bicyclic) bond motifs is 1. The molecule has 5 nitrogen and oxygen atoms in total. The standard InChI is InChI=1S/C20H20FN3O2/c1-4-24(5-2)19-18(13-6-9-15(21)10-7-13)22-16-11-8-14(20(25)26-3)12-17(16)23-19/h6-12H,4-5H2,1-3H3. The van der Waals surface area contributed by atoms with Gasteiger partial charge in [0.15, 0.2) is 5.82 Å². The molecule has 0 unspecified atom stereocenters. The van der Waals surface area contributed by atoms with Crippen molar-refractivity contribution < 1.29 is 13.9 Å². The van der Waals surface area contributed by atoms with Gasteiger partial charge in [-0.3, -0.25) is 0 Å². The van der Waals surface area contributed by atoms with Gasteiger partial charge in [0.05, 0.1) is 23.7 Å². The van der Waals surface area contributed by atoms with Gasteiger partial charge in [-0.15, -0.1) is 0 Å². The summed E-state index contributed by atoms with van der Waals surface area (Å²) in [5.74, 6) is -0.00793. The van der Waals surface area contributed by atoms with E-state index in [2.05, 4.69) is 4.90 Å². The molecule has 0 atom stereocenters. The fraction of sp³-hybridized carbons (Fsp3) is 0.250. The van der Waals surface area contributed by atoms with Crippen LogP contribution in [0.25, 0.3) is 22.3 Å². The minimum Gasteiger partial charge on any atom is -0.465 e. The summed E-state index contributed by atoms with van der Waals surface area (Å²) in [5, 5.41) is 0. The number of aromatic nitrogens is 2. The van der Waals surface area contributed by atoms with Gasteiger partial charge in [-0.25, -0.2) is 19.2 Å². The molecule has 3 aromatic rings. The quantitative estimate of drug-likeness (QED) is 0.647. The fourth-order valence-corrected chi connectivity index (χ4v) is 2.83. The number of anilines is 1. The van der Waals surface area contributed by atoms with E-state index in [1.54, 1.807) is 30.3 Å². The van der Waals surface area contributed by atoms with Crippen LogP contribution in [-0.2, 0) is 4.74 Å². The third-order valence-electron chi connectivity index (χ3n) is 4.25. The number of halogens is 1. The van der Waals surface area contributed by atoms with E-state index in [4.69, 9.17) is 14.7 Å². The molecule has 0 amide bonds. The van der Waals surface area contributed by atoms with E-state index >= 15 is 0 Å². The molecule has 0 aliphatic rings. The van der Waals surface area contributed by atoms with Crippen molar-refractivity contribution in [1.82, 2.24) is 9.97 Å². The number of methoxy groups -OCH3 is 1. The number of esters is 1. The first kappa shape index (κ1) is 17.8. The van der Waals surface area contributed by atoms with Crippen LogP contribution in [0.15, 0.2) is 42.5 Å². The summed E-state index contributed by atoms with van der Waals surface area (Å²) in [4.78, 5) is 23.4. The van der Waals surface area contributed by atoms with Crippen LogP contribution in [0.4, 0.5) is 10.2 Å². The molecule has 2 aromatic carbocycles. The molecule has 0 fully saturated rings. The maximum atomic E-state index is 13.3. The lowest BCUT2D eigenvalue weighted by Gasteiger charge is -2.23. The molecule has 134 valence electrons. The molecule has 0 N–H and O–H groups in total. The van der Waals surface area contributed by atoms with Crippen molar-refractivity contribution in [3.63, 3.8) is 0 Å². The summed E-state index contributed by atoms with van der Waals surface area (Å²) in [6, 6.07) is 11.3. The highest BCUT2D eigenvalue weighted by Gasteiger charge is 2.17. The van der Waals surface area contributed by atoms with Crippen molar-refractivity contribution in [2.45, 2.75) is 13.8 Å². The highest BCUT2D eigenvalue weighted by Crippen LogP contribution is 2.30. The molecule has 0 bridgehead atoms. The zero-order valence-corrected chi connectivity index (χ0v) is 15.0. The Morgan fingerprint density at radius 3 is 2.35 bits per heavy atom. The average Bonchev–Trinajstić information content (AvgIpc) is 2.68. The fourth-order valence-electron chi connectivity index (χ4n) is 2.83. The highest BCUT2D eigenvalue weighted by molar-refractivity contribution is 5.94. The van der Waals surface area contributed by atoms with Gasteiger partial charge < -0.3 is 9.64 Å². The topological polar surface area (TPSA) is 55.3 Å². The van der Waals surface area contributed by atoms with Crippen molar-refractivity contribution in [2.24, 2.45) is 0 Å². The SMILES string of the molecule is CCN(CC)c1nc2cc(C(=O)OC)ccc2nc1-c1ccc(F)cc1. The normalized spacial score (nSPS) is 10.8. The first-order chi connectivity index (χ1) is 12.6. The van der Waals surface area contributed by atoms with Gasteiger partial charge in [0.25, 0.3) is 0 Å². The van der Waals surface area contributed by atoms with Gasteiger partial charge in [0.2, 0.25) is 0 Å². The van der Waals surface area contributed by atoms with Gasteiger partial charge in [-0.05, 0) is 56.3 Å². The van der Waals surface area contributed by atoms with Crippen LogP contribution in [-0.4, -0.2) is 36.1 Å². The molecular weight excluding hydrogens is 333 g/mol. The summed E-state index contributed by atoms with van der Waals surface area (Å²) < 4.78 is 18.1. The molecule has 26 heavy (non-hydrogen) atoms. The Kier molecular flexibility index (Phi) is 5.11. The second kappa shape index (κ2) is 7.47. The summed E-state index contributed by atoms with van der Waals surface area (Å²) >= 11 is 0. The number of benzene rings is 2. The molecule has 0 saturated heterocycles. The number of carbonyl (C=O) groups is 1. The summed E-state index contributed by atoms with van der Waals surface area (Å²) in [5.41, 5.74) is 3.18. The van der Waals surface area contributed by atoms with E-state index < -0.39 is 5.97 Å². The monoisotopic (exact) mass is 353 g/mol. The van der Waals surface area contributed by atoms with E-state index in [9.17, 15) is 9.18 Å². The second-order valence-corrected chi connectivity index (χ2v) is 5.77. The maximum absolute atomic E-state index is 13.3. The molecule has 6 heteroatoms. The maximum Gasteiger partial charge on any atom is 0.337 e. The number of rotatable bonds is 5. The predicted octanol–water partition coefficient (Wildman–Crippen LogP) is 4.07. The van der Waals surface area contributed by atoms with E-state index in [-0.39, 0.29) is 5.82 Å². The Morgan fingerprint density at radius 1 is 1.04 bits per heavy atom. The molecule has 3 rings (SSSR count). The average molecular weight is 353 g/mol. The summed E-state index contributed by atoms with van der Waals surface area (Å²) in [7, 11) is 1.34. The summed E-state index contributed by atoms with van der Waals surface area (Å²) in [6.45, 7) is 5.58. The van der Waals surface area contributed by atoms with Crippen molar-refractivity contribution in [2.75, 3.05) is 25.1 Å². The van der Waals surface area contributed by atoms with Crippen LogP contribution >= 0.6 is 0 Å². The first-order valence-electron chi connectivity index (χ1n) is 8.48. The molecular formula is C20H20FN3O2. The Labute approximate surface area is 151 Å². The second-order valence-electron chi connectivity index (χ2n) is 5.77. The number of carbonyl (C=O) groups excluding carboxylic acids is 1. The van der Waals surface area contributed by atoms with Crippen molar-refractivity contribution in [3.8, 4) is 11.3 Å². The Bertz CT molecular complexity index is 938. The molecule has 0 aliphatic carbocycles. The molecule has 1 aromatic heterocycles. The van der Waals surface area contributed by atoms with Crippen LogP contribution in [0.2, 0.25) is 0 Å². The number of nitrogens with zero attached hydrogens (tertiary/aromatic N) is 3. The number of hydrogen-bond donors (Lipinski definition) is 0. The van der Waals surface area contributed by atoms with E-state index in [0.29, 0.717) is 28.1 Å². The van der Waals surface area contributed by atoms with Crippen molar-refractivity contribution in [1.29, 1.82) is 0 Å². The molecule has 0 aliphatic heterocycles. The zero-order chi connectivity index (χ0) is 18.7. The van der Waals surface area contributed by atoms with Crippen molar-refractivity contribution in [3.05, 3.63) is 53.8 Å². The Balaban J connectivity index is 2.23. The lowest BCUT2D eigenvalue weighted by Crippen LogP contribution is -2.24. The Morgan fingerprint density at radius 2 is 1.73 bits per heavy atom.